The maximum absolute atomic E-state index is 12.8. The van der Waals surface area contributed by atoms with Crippen LogP contribution in [0.15, 0.2) is 47.8 Å². The van der Waals surface area contributed by atoms with Crippen molar-refractivity contribution in [2.75, 3.05) is 14.2 Å². The van der Waals surface area contributed by atoms with Gasteiger partial charge in [0.2, 0.25) is 5.78 Å². The molecule has 0 saturated carbocycles. The van der Waals surface area contributed by atoms with Crippen LogP contribution in [0, 0.1) is 0 Å². The van der Waals surface area contributed by atoms with E-state index in [1.807, 2.05) is 23.6 Å². The molecule has 1 N–H and O–H groups in total. The molecule has 0 atom stereocenters. The Bertz CT molecular complexity index is 882. The number of aromatic nitrogens is 2. The summed E-state index contributed by atoms with van der Waals surface area (Å²) in [5, 5.41) is 8.66. The molecule has 0 spiro atoms. The molecule has 124 valence electrons. The SMILES string of the molecule is COP(=O)(OC)c1[nH]nc(C(=O)c2ccccc2)c1-c1cccs1. The van der Waals surface area contributed by atoms with Gasteiger partial charge in [0, 0.05) is 24.7 Å². The molecule has 2 aromatic heterocycles. The number of hydrogen-bond acceptors (Lipinski definition) is 6. The summed E-state index contributed by atoms with van der Waals surface area (Å²) < 4.78 is 23.0. The van der Waals surface area contributed by atoms with Crippen molar-refractivity contribution in [1.82, 2.24) is 10.2 Å². The Morgan fingerprint density at radius 1 is 1.12 bits per heavy atom. The predicted molar refractivity (Wildman–Crippen MR) is 93.0 cm³/mol. The molecular weight excluding hydrogens is 347 g/mol. The van der Waals surface area contributed by atoms with Crippen molar-refractivity contribution in [2.45, 2.75) is 0 Å². The molecule has 0 radical (unpaired) electrons. The van der Waals surface area contributed by atoms with E-state index in [0.29, 0.717) is 11.1 Å². The molecule has 1 aromatic carbocycles. The van der Waals surface area contributed by atoms with E-state index in [-0.39, 0.29) is 16.9 Å². The van der Waals surface area contributed by atoms with Crippen LogP contribution in [0.4, 0.5) is 0 Å². The fourth-order valence-electron chi connectivity index (χ4n) is 2.33. The third kappa shape index (κ3) is 2.87. The van der Waals surface area contributed by atoms with Crippen LogP contribution in [-0.4, -0.2) is 30.2 Å². The van der Waals surface area contributed by atoms with Crippen LogP contribution in [0.5, 0.6) is 0 Å². The van der Waals surface area contributed by atoms with Gasteiger partial charge < -0.3 is 9.05 Å². The molecule has 3 rings (SSSR count). The largest absolute Gasteiger partial charge is 0.379 e. The summed E-state index contributed by atoms with van der Waals surface area (Å²) in [4.78, 5) is 13.6. The minimum atomic E-state index is -3.59. The lowest BCUT2D eigenvalue weighted by Gasteiger charge is -2.13. The van der Waals surface area contributed by atoms with E-state index in [0.717, 1.165) is 4.88 Å². The molecule has 0 amide bonds. The van der Waals surface area contributed by atoms with Gasteiger partial charge in [0.25, 0.3) is 0 Å². The van der Waals surface area contributed by atoms with Gasteiger partial charge in [0.1, 0.15) is 5.69 Å². The Hall–Kier alpha value is -2.05. The van der Waals surface area contributed by atoms with E-state index in [4.69, 9.17) is 9.05 Å². The van der Waals surface area contributed by atoms with Crippen LogP contribution in [0.1, 0.15) is 16.1 Å². The van der Waals surface area contributed by atoms with Gasteiger partial charge >= 0.3 is 7.60 Å². The average Bonchev–Trinajstić information content (AvgIpc) is 3.30. The van der Waals surface area contributed by atoms with Crippen molar-refractivity contribution in [2.24, 2.45) is 0 Å². The van der Waals surface area contributed by atoms with Crippen LogP contribution >= 0.6 is 18.9 Å². The second kappa shape index (κ2) is 6.83. The number of nitrogens with one attached hydrogen (secondary N) is 1. The smallest absolute Gasteiger partial charge is 0.308 e. The van der Waals surface area contributed by atoms with Crippen LogP contribution in [0.3, 0.4) is 0 Å². The van der Waals surface area contributed by atoms with Gasteiger partial charge in [-0.3, -0.25) is 14.5 Å². The normalized spacial score (nSPS) is 11.6. The number of thiophene rings is 1. The maximum Gasteiger partial charge on any atom is 0.379 e. The molecule has 8 heteroatoms. The van der Waals surface area contributed by atoms with Gasteiger partial charge in [-0.2, -0.15) is 5.10 Å². The topological polar surface area (TPSA) is 81.3 Å². The monoisotopic (exact) mass is 362 g/mol. The van der Waals surface area contributed by atoms with Gasteiger partial charge in [-0.25, -0.2) is 0 Å². The van der Waals surface area contributed by atoms with Crippen molar-refractivity contribution in [1.29, 1.82) is 0 Å². The zero-order valence-corrected chi connectivity index (χ0v) is 14.8. The van der Waals surface area contributed by atoms with Crippen molar-refractivity contribution >= 4 is 30.2 Å². The maximum atomic E-state index is 12.8. The quantitative estimate of drug-likeness (QED) is 0.536. The first-order chi connectivity index (χ1) is 11.6. The Morgan fingerprint density at radius 2 is 1.83 bits per heavy atom. The van der Waals surface area contributed by atoms with Crippen LogP contribution in [0.25, 0.3) is 10.4 Å². The molecule has 24 heavy (non-hydrogen) atoms. The second-order valence-corrected chi connectivity index (χ2v) is 7.95. The fraction of sp³-hybridized carbons (Fsp3) is 0.125. The first-order valence-corrected chi connectivity index (χ1v) is 9.47. The Balaban J connectivity index is 2.20. The summed E-state index contributed by atoms with van der Waals surface area (Å²) >= 11 is 1.41. The molecule has 3 aromatic rings. The summed E-state index contributed by atoms with van der Waals surface area (Å²) in [5.74, 6) is -0.264. The lowest BCUT2D eigenvalue weighted by atomic mass is 10.0. The summed E-state index contributed by atoms with van der Waals surface area (Å²) in [6, 6.07) is 12.5. The lowest BCUT2D eigenvalue weighted by molar-refractivity contribution is 0.103. The van der Waals surface area contributed by atoms with Crippen molar-refractivity contribution in [3.05, 3.63) is 59.1 Å². The van der Waals surface area contributed by atoms with E-state index in [1.165, 1.54) is 25.6 Å². The molecule has 0 unspecified atom stereocenters. The number of aromatic amines is 1. The highest BCUT2D eigenvalue weighted by Gasteiger charge is 2.35. The number of benzene rings is 1. The molecule has 0 aliphatic heterocycles. The number of rotatable bonds is 6. The minimum Gasteiger partial charge on any atom is -0.308 e. The highest BCUT2D eigenvalue weighted by molar-refractivity contribution is 7.62. The van der Waals surface area contributed by atoms with Crippen molar-refractivity contribution < 1.29 is 18.4 Å². The molecule has 0 aliphatic carbocycles. The predicted octanol–water partition coefficient (Wildman–Crippen LogP) is 3.48. The number of H-pyrrole nitrogens is 1. The fourth-order valence-corrected chi connectivity index (χ4v) is 4.37. The molecule has 0 bridgehead atoms. The van der Waals surface area contributed by atoms with Crippen LogP contribution in [-0.2, 0) is 13.6 Å². The van der Waals surface area contributed by atoms with Gasteiger partial charge in [0.15, 0.2) is 5.44 Å². The van der Waals surface area contributed by atoms with E-state index >= 15 is 0 Å². The third-order valence-electron chi connectivity index (χ3n) is 3.52. The molecule has 0 saturated heterocycles. The van der Waals surface area contributed by atoms with Gasteiger partial charge in [-0.1, -0.05) is 36.4 Å². The number of carbonyl (C=O) groups excluding carboxylic acids is 1. The average molecular weight is 362 g/mol. The Labute approximate surface area is 143 Å². The standard InChI is InChI=1S/C16H15N2O4PS/c1-21-23(20,22-2)16-13(12-9-6-10-24-12)14(17-18-16)15(19)11-7-4-3-5-8-11/h3-10H,1-2H3,(H,17,18). The zero-order chi connectivity index (χ0) is 17.2. The van der Waals surface area contributed by atoms with E-state index in [1.54, 1.807) is 24.3 Å². The van der Waals surface area contributed by atoms with Crippen LogP contribution < -0.4 is 5.44 Å². The molecule has 6 nitrogen and oxygen atoms in total. The minimum absolute atomic E-state index is 0.175. The Morgan fingerprint density at radius 3 is 2.42 bits per heavy atom. The van der Waals surface area contributed by atoms with Gasteiger partial charge in [-0.05, 0) is 11.4 Å². The highest BCUT2D eigenvalue weighted by Crippen LogP contribution is 2.48. The summed E-state index contributed by atoms with van der Waals surface area (Å²) in [6.07, 6.45) is 0. The number of carbonyl (C=O) groups is 1. The molecule has 0 aliphatic rings. The first-order valence-electron chi connectivity index (χ1n) is 7.05. The molecule has 0 fully saturated rings. The van der Waals surface area contributed by atoms with Crippen LogP contribution in [0.2, 0.25) is 0 Å². The highest BCUT2D eigenvalue weighted by atomic mass is 32.1. The van der Waals surface area contributed by atoms with Gasteiger partial charge in [-0.15, -0.1) is 11.3 Å². The Kier molecular flexibility index (Phi) is 4.78. The zero-order valence-electron chi connectivity index (χ0n) is 13.1. The van der Waals surface area contributed by atoms with E-state index < -0.39 is 7.60 Å². The van der Waals surface area contributed by atoms with E-state index in [2.05, 4.69) is 10.2 Å². The third-order valence-corrected chi connectivity index (χ3v) is 6.24. The molecule has 2 heterocycles. The summed E-state index contributed by atoms with van der Waals surface area (Å²) in [6.45, 7) is 0. The molecular formula is C16H15N2O4PS. The number of ketones is 1. The first kappa shape index (κ1) is 16.8. The van der Waals surface area contributed by atoms with Gasteiger partial charge in [0.05, 0.1) is 5.56 Å². The summed E-state index contributed by atoms with van der Waals surface area (Å²) in [5.41, 5.74) is 1.31. The number of hydrogen-bond donors (Lipinski definition) is 1. The lowest BCUT2D eigenvalue weighted by Crippen LogP contribution is -2.12. The number of nitrogens with zero attached hydrogens (tertiary/aromatic N) is 1. The van der Waals surface area contributed by atoms with Crippen molar-refractivity contribution in [3.63, 3.8) is 0 Å². The second-order valence-electron chi connectivity index (χ2n) is 4.83. The van der Waals surface area contributed by atoms with E-state index in [9.17, 15) is 9.36 Å². The van der Waals surface area contributed by atoms with Crippen molar-refractivity contribution in [3.8, 4) is 10.4 Å². The summed E-state index contributed by atoms with van der Waals surface area (Å²) in [7, 11) is -0.999.